The maximum absolute atomic E-state index is 13.2. The Labute approximate surface area is 149 Å². The predicted octanol–water partition coefficient (Wildman–Crippen LogP) is 4.82. The van der Waals surface area contributed by atoms with Gasteiger partial charge in [-0.3, -0.25) is 9.89 Å². The molecule has 0 radical (unpaired) electrons. The Kier molecular flexibility index (Phi) is 4.92. The van der Waals surface area contributed by atoms with Crippen molar-refractivity contribution < 1.29 is 26.7 Å². The van der Waals surface area contributed by atoms with E-state index in [4.69, 9.17) is 11.6 Å². The first-order valence-electron chi connectivity index (χ1n) is 7.66. The highest BCUT2D eigenvalue weighted by Gasteiger charge is 2.38. The number of rotatable bonds is 5. The van der Waals surface area contributed by atoms with Crippen LogP contribution in [-0.4, -0.2) is 27.0 Å². The first-order chi connectivity index (χ1) is 12.2. The van der Waals surface area contributed by atoms with Gasteiger partial charge in [0.15, 0.2) is 0 Å². The third-order valence-corrected chi connectivity index (χ3v) is 4.31. The summed E-state index contributed by atoms with van der Waals surface area (Å²) in [7, 11) is 0. The molecule has 140 valence electrons. The second kappa shape index (κ2) is 6.86. The molecule has 1 heterocycles. The van der Waals surface area contributed by atoms with Gasteiger partial charge in [-0.25, -0.2) is 8.78 Å². The van der Waals surface area contributed by atoms with Gasteiger partial charge >= 0.3 is 6.18 Å². The van der Waals surface area contributed by atoms with Crippen LogP contribution in [0, 0.1) is 0 Å². The number of hydrogen-bond donors (Lipinski definition) is 1. The zero-order valence-corrected chi connectivity index (χ0v) is 13.9. The zero-order valence-electron chi connectivity index (χ0n) is 13.2. The third-order valence-electron chi connectivity index (χ3n) is 4.08. The molecule has 1 amide bonds. The van der Waals surface area contributed by atoms with Gasteiger partial charge in [-0.1, -0.05) is 11.6 Å². The van der Waals surface area contributed by atoms with E-state index in [1.807, 2.05) is 0 Å². The van der Waals surface area contributed by atoms with Gasteiger partial charge in [0, 0.05) is 17.6 Å². The molecule has 0 atom stereocenters. The van der Waals surface area contributed by atoms with Crippen LogP contribution >= 0.6 is 11.6 Å². The van der Waals surface area contributed by atoms with E-state index >= 15 is 0 Å². The average Bonchev–Trinajstić information content (AvgIpc) is 3.25. The largest absolute Gasteiger partial charge is 0.416 e. The molecule has 1 aromatic heterocycles. The van der Waals surface area contributed by atoms with Gasteiger partial charge in [0.05, 0.1) is 17.3 Å². The number of benzene rings is 1. The molecular weight excluding hydrogens is 381 g/mol. The Hall–Kier alpha value is -2.16. The summed E-state index contributed by atoms with van der Waals surface area (Å²) < 4.78 is 65.7. The predicted molar refractivity (Wildman–Crippen MR) is 82.9 cm³/mol. The Balaban J connectivity index is 1.95. The van der Waals surface area contributed by atoms with Crippen molar-refractivity contribution in [2.75, 3.05) is 0 Å². The molecule has 3 rings (SSSR count). The molecule has 0 spiro atoms. The second-order valence-corrected chi connectivity index (χ2v) is 6.40. The summed E-state index contributed by atoms with van der Waals surface area (Å²) in [4.78, 5) is 13.8. The molecule has 4 nitrogen and oxygen atoms in total. The Morgan fingerprint density at radius 2 is 2.04 bits per heavy atom. The van der Waals surface area contributed by atoms with E-state index in [2.05, 4.69) is 10.2 Å². The number of nitrogens with zero attached hydrogens (tertiary/aromatic N) is 2. The van der Waals surface area contributed by atoms with Crippen LogP contribution in [0.5, 0.6) is 0 Å². The number of aromatic amines is 1. The Morgan fingerprint density at radius 3 is 2.62 bits per heavy atom. The highest BCUT2D eigenvalue weighted by Crippen LogP contribution is 2.37. The van der Waals surface area contributed by atoms with Crippen LogP contribution < -0.4 is 0 Å². The van der Waals surface area contributed by atoms with Crippen LogP contribution in [0.2, 0.25) is 5.02 Å². The lowest BCUT2D eigenvalue weighted by molar-refractivity contribution is -0.138. The molecular formula is C16H13ClF5N3O. The molecule has 0 unspecified atom stereocenters. The lowest BCUT2D eigenvalue weighted by Gasteiger charge is -2.24. The van der Waals surface area contributed by atoms with Crippen molar-refractivity contribution in [2.24, 2.45) is 0 Å². The fourth-order valence-electron chi connectivity index (χ4n) is 2.69. The van der Waals surface area contributed by atoms with E-state index in [1.165, 1.54) is 0 Å². The van der Waals surface area contributed by atoms with E-state index in [0.717, 1.165) is 29.3 Å². The summed E-state index contributed by atoms with van der Waals surface area (Å²) >= 11 is 5.81. The molecule has 0 saturated heterocycles. The van der Waals surface area contributed by atoms with Crippen molar-refractivity contribution in [1.29, 1.82) is 0 Å². The third kappa shape index (κ3) is 3.82. The molecule has 2 aromatic rings. The number of carbonyl (C=O) groups excluding carboxylic acids is 1. The van der Waals surface area contributed by atoms with E-state index in [1.54, 1.807) is 0 Å². The van der Waals surface area contributed by atoms with E-state index in [0.29, 0.717) is 12.8 Å². The molecule has 10 heteroatoms. The number of aromatic nitrogens is 2. The smallest absolute Gasteiger partial charge is 0.331 e. The number of amides is 1. The van der Waals surface area contributed by atoms with Crippen LogP contribution in [0.1, 0.15) is 46.4 Å². The van der Waals surface area contributed by atoms with Crippen molar-refractivity contribution in [2.45, 2.75) is 38.0 Å². The van der Waals surface area contributed by atoms with Crippen molar-refractivity contribution in [3.63, 3.8) is 0 Å². The molecule has 0 bridgehead atoms. The Bertz CT molecular complexity index is 816. The average molecular weight is 394 g/mol. The van der Waals surface area contributed by atoms with Crippen LogP contribution in [0.15, 0.2) is 24.4 Å². The SMILES string of the molecule is O=C(c1cn[nH]c1C(F)F)N(Cc1cc(Cl)ccc1C(F)(F)F)C1CC1. The minimum Gasteiger partial charge on any atom is -0.331 e. The van der Waals surface area contributed by atoms with Gasteiger partial charge in [0.25, 0.3) is 12.3 Å². The normalized spacial score (nSPS) is 14.7. The molecule has 0 aliphatic heterocycles. The van der Waals surface area contributed by atoms with Crippen molar-refractivity contribution in [3.05, 3.63) is 51.8 Å². The van der Waals surface area contributed by atoms with Crippen LogP contribution in [0.3, 0.4) is 0 Å². The van der Waals surface area contributed by atoms with Gasteiger partial charge in [-0.05, 0) is 36.6 Å². The van der Waals surface area contributed by atoms with Crippen LogP contribution in [-0.2, 0) is 12.7 Å². The lowest BCUT2D eigenvalue weighted by atomic mass is 10.1. The molecule has 1 aliphatic carbocycles. The topological polar surface area (TPSA) is 49.0 Å². The highest BCUT2D eigenvalue weighted by atomic mass is 35.5. The minimum atomic E-state index is -4.62. The summed E-state index contributed by atoms with van der Waals surface area (Å²) in [6, 6.07) is 2.79. The lowest BCUT2D eigenvalue weighted by Crippen LogP contribution is -2.33. The van der Waals surface area contributed by atoms with E-state index in [-0.39, 0.29) is 28.7 Å². The first-order valence-corrected chi connectivity index (χ1v) is 8.04. The number of halogens is 6. The molecule has 1 N–H and O–H groups in total. The maximum atomic E-state index is 13.2. The van der Waals surface area contributed by atoms with Crippen molar-refractivity contribution in [3.8, 4) is 0 Å². The minimum absolute atomic E-state index is 0.0905. The fourth-order valence-corrected chi connectivity index (χ4v) is 2.89. The zero-order chi connectivity index (χ0) is 19.1. The summed E-state index contributed by atoms with van der Waals surface area (Å²) in [6.07, 6.45) is -5.43. The standard InChI is InChI=1S/C16H13ClF5N3O/c17-9-1-4-12(16(20,21)22)8(5-9)7-25(10-2-3-10)15(26)11-6-23-24-13(11)14(18)19/h1,4-6,10,14H,2-3,7H2,(H,23,24). The van der Waals surface area contributed by atoms with E-state index < -0.39 is 29.8 Å². The van der Waals surface area contributed by atoms with Gasteiger partial charge < -0.3 is 4.90 Å². The molecule has 26 heavy (non-hydrogen) atoms. The first kappa shape index (κ1) is 18.6. The van der Waals surface area contributed by atoms with Crippen LogP contribution in [0.4, 0.5) is 22.0 Å². The van der Waals surface area contributed by atoms with Gasteiger partial charge in [-0.2, -0.15) is 18.3 Å². The summed E-state index contributed by atoms with van der Waals surface area (Å²) in [5, 5.41) is 5.60. The van der Waals surface area contributed by atoms with Gasteiger partial charge in [0.2, 0.25) is 0 Å². The summed E-state index contributed by atoms with van der Waals surface area (Å²) in [5.41, 5.74) is -2.10. The molecule has 1 saturated carbocycles. The number of carbonyl (C=O) groups is 1. The van der Waals surface area contributed by atoms with Crippen molar-refractivity contribution in [1.82, 2.24) is 15.1 Å². The number of hydrogen-bond acceptors (Lipinski definition) is 2. The quantitative estimate of drug-likeness (QED) is 0.740. The van der Waals surface area contributed by atoms with E-state index in [9.17, 15) is 26.7 Å². The second-order valence-electron chi connectivity index (χ2n) is 5.96. The number of nitrogens with one attached hydrogen (secondary N) is 1. The monoisotopic (exact) mass is 393 g/mol. The van der Waals surface area contributed by atoms with Gasteiger partial charge in [0.1, 0.15) is 5.69 Å². The Morgan fingerprint density at radius 1 is 1.35 bits per heavy atom. The number of alkyl halides is 5. The van der Waals surface area contributed by atoms with Crippen molar-refractivity contribution >= 4 is 17.5 Å². The summed E-state index contributed by atoms with van der Waals surface area (Å²) in [5.74, 6) is -0.787. The molecule has 1 aliphatic rings. The fraction of sp³-hybridized carbons (Fsp3) is 0.375. The number of H-pyrrole nitrogens is 1. The maximum Gasteiger partial charge on any atom is 0.416 e. The van der Waals surface area contributed by atoms with Gasteiger partial charge in [-0.15, -0.1) is 0 Å². The van der Waals surface area contributed by atoms with Crippen LogP contribution in [0.25, 0.3) is 0 Å². The highest BCUT2D eigenvalue weighted by molar-refractivity contribution is 6.30. The summed E-state index contributed by atoms with van der Waals surface area (Å²) in [6.45, 7) is -0.382. The molecule has 1 fully saturated rings. The molecule has 1 aromatic carbocycles.